The molecule has 2 aromatic carbocycles. The summed E-state index contributed by atoms with van der Waals surface area (Å²) in [6, 6.07) is 15.2. The van der Waals surface area contributed by atoms with E-state index >= 15 is 4.39 Å². The van der Waals surface area contributed by atoms with Gasteiger partial charge in [0.1, 0.15) is 16.9 Å². The van der Waals surface area contributed by atoms with Crippen LogP contribution in [0.1, 0.15) is 72.2 Å². The second-order valence-electron chi connectivity index (χ2n) is 10.9. The number of hydrogen-bond donors (Lipinski definition) is 2. The smallest absolute Gasteiger partial charge is 0.274 e. The molecule has 0 spiro atoms. The summed E-state index contributed by atoms with van der Waals surface area (Å²) in [5.74, 6) is -0.172. The number of imidazole rings is 1. The largest absolute Gasteiger partial charge is 0.381 e. The number of rotatable bonds is 8. The predicted octanol–water partition coefficient (Wildman–Crippen LogP) is 5.64. The topological polar surface area (TPSA) is 74.0 Å². The van der Waals surface area contributed by atoms with Gasteiger partial charge in [0.25, 0.3) is 5.91 Å². The van der Waals surface area contributed by atoms with E-state index < -0.39 is 11.3 Å². The van der Waals surface area contributed by atoms with Crippen molar-refractivity contribution >= 4 is 29.9 Å². The second-order valence-corrected chi connectivity index (χ2v) is 11.5. The van der Waals surface area contributed by atoms with Crippen LogP contribution in [0.3, 0.4) is 0 Å². The van der Waals surface area contributed by atoms with Crippen molar-refractivity contribution in [3.8, 4) is 11.3 Å². The quantitative estimate of drug-likeness (QED) is 0.216. The molecule has 0 saturated heterocycles. The summed E-state index contributed by atoms with van der Waals surface area (Å²) in [6.45, 7) is 5.72. The zero-order chi connectivity index (χ0) is 28.0. The Morgan fingerprint density at radius 2 is 2.00 bits per heavy atom. The van der Waals surface area contributed by atoms with Crippen LogP contribution in [0.5, 0.6) is 0 Å². The first-order chi connectivity index (χ1) is 19.3. The minimum absolute atomic E-state index is 0.0405. The first-order valence-electron chi connectivity index (χ1n) is 14.0. The van der Waals surface area contributed by atoms with Crippen LogP contribution in [-0.4, -0.2) is 55.6 Å². The summed E-state index contributed by atoms with van der Waals surface area (Å²) < 4.78 is 17.1. The van der Waals surface area contributed by atoms with Crippen LogP contribution in [0.25, 0.3) is 16.9 Å². The van der Waals surface area contributed by atoms with E-state index in [0.29, 0.717) is 53.8 Å². The lowest BCUT2D eigenvalue weighted by Gasteiger charge is -2.35. The first-order valence-corrected chi connectivity index (χ1v) is 14.6. The molecule has 1 saturated carbocycles. The Labute approximate surface area is 239 Å². The van der Waals surface area contributed by atoms with Gasteiger partial charge in [-0.25, -0.2) is 13.9 Å². The molecule has 0 unspecified atom stereocenters. The van der Waals surface area contributed by atoms with E-state index in [2.05, 4.69) is 36.8 Å². The van der Waals surface area contributed by atoms with Crippen LogP contribution in [-0.2, 0) is 6.42 Å². The van der Waals surface area contributed by atoms with E-state index in [-0.39, 0.29) is 11.9 Å². The number of fused-ring (bicyclic) bond motifs is 2. The van der Waals surface area contributed by atoms with Gasteiger partial charge in [-0.15, -0.1) is 12.6 Å². The summed E-state index contributed by atoms with van der Waals surface area (Å²) in [6.07, 6.45) is 5.46. The van der Waals surface area contributed by atoms with Crippen LogP contribution in [0.4, 0.5) is 10.1 Å². The van der Waals surface area contributed by atoms with Gasteiger partial charge in [-0.2, -0.15) is 5.10 Å². The molecular weight excluding hydrogens is 525 g/mol. The molecule has 2 atom stereocenters. The van der Waals surface area contributed by atoms with Crippen LogP contribution >= 0.6 is 12.6 Å². The monoisotopic (exact) mass is 559 g/mol. The molecule has 1 N–H and O–H groups in total. The summed E-state index contributed by atoms with van der Waals surface area (Å²) in [4.78, 5) is 22.4. The van der Waals surface area contributed by atoms with E-state index in [0.717, 1.165) is 31.2 Å². The molecule has 6 rings (SSSR count). The Hall–Kier alpha value is -3.43. The fourth-order valence-corrected chi connectivity index (χ4v) is 6.02. The minimum atomic E-state index is -0.820. The number of thiol groups is 1. The van der Waals surface area contributed by atoms with Gasteiger partial charge in [0, 0.05) is 29.9 Å². The molecule has 2 aromatic heterocycles. The van der Waals surface area contributed by atoms with Crippen molar-refractivity contribution in [3.63, 3.8) is 0 Å². The van der Waals surface area contributed by atoms with Crippen LogP contribution < -0.4 is 4.90 Å². The van der Waals surface area contributed by atoms with Gasteiger partial charge >= 0.3 is 0 Å². The Morgan fingerprint density at radius 1 is 1.20 bits per heavy atom. The molecule has 0 bridgehead atoms. The SMILES string of the molecule is CCCN(C[C@H](O)S)c1ccc(-c2cn3nc(C(=O)N4CCc5ccccc5[C@H]4C)cc(C4CC4)c3n2)c(F)c1. The first kappa shape index (κ1) is 26.8. The predicted molar refractivity (Wildman–Crippen MR) is 157 cm³/mol. The maximum atomic E-state index is 15.4. The number of aromatic nitrogens is 3. The highest BCUT2D eigenvalue weighted by atomic mass is 32.1. The fourth-order valence-electron chi connectivity index (χ4n) is 5.83. The van der Waals surface area contributed by atoms with Gasteiger partial charge in [0.2, 0.25) is 0 Å². The van der Waals surface area contributed by atoms with Gasteiger partial charge < -0.3 is 14.9 Å². The third-order valence-corrected chi connectivity index (χ3v) is 8.18. The van der Waals surface area contributed by atoms with Crippen LogP contribution in [0.2, 0.25) is 0 Å². The molecule has 1 aliphatic carbocycles. The molecule has 2 aliphatic rings. The van der Waals surface area contributed by atoms with Crippen molar-refractivity contribution in [2.24, 2.45) is 0 Å². The molecule has 3 heterocycles. The molecule has 7 nitrogen and oxygen atoms in total. The number of amides is 1. The van der Waals surface area contributed by atoms with E-state index in [4.69, 9.17) is 4.98 Å². The maximum absolute atomic E-state index is 15.4. The van der Waals surface area contributed by atoms with Crippen LogP contribution in [0.15, 0.2) is 54.7 Å². The number of anilines is 1. The Morgan fingerprint density at radius 3 is 2.73 bits per heavy atom. The summed E-state index contributed by atoms with van der Waals surface area (Å²) in [5.41, 5.74) is 5.21. The Balaban J connectivity index is 1.34. The van der Waals surface area contributed by atoms with Crippen molar-refractivity contribution < 1.29 is 14.3 Å². The average molecular weight is 560 g/mol. The Kier molecular flexibility index (Phi) is 7.27. The van der Waals surface area contributed by atoms with E-state index in [1.54, 1.807) is 16.8 Å². The number of nitrogens with zero attached hydrogens (tertiary/aromatic N) is 5. The number of halogens is 1. The Bertz CT molecular complexity index is 1570. The standard InChI is InChI=1S/C31H34FN5O2S/c1-3-13-35(18-29(38)40)22-10-11-24(26(32)15-22)28-17-37-30(33-28)25(21-8-9-21)16-27(34-37)31(39)36-14-12-20-6-4-5-7-23(20)19(36)2/h4-7,10-11,15-17,19,21,29,38,40H,3,8-9,12-14,18H2,1-2H3/t19-,29-/m1/s1. The average Bonchev–Trinajstić information content (AvgIpc) is 3.70. The molecule has 40 heavy (non-hydrogen) atoms. The lowest BCUT2D eigenvalue weighted by atomic mass is 9.93. The number of benzene rings is 2. The summed E-state index contributed by atoms with van der Waals surface area (Å²) >= 11 is 4.09. The zero-order valence-electron chi connectivity index (χ0n) is 22.8. The lowest BCUT2D eigenvalue weighted by Crippen LogP contribution is -2.39. The van der Waals surface area contributed by atoms with Gasteiger partial charge in [0.05, 0.1) is 24.5 Å². The number of carbonyl (C=O) groups excluding carboxylic acids is 1. The highest BCUT2D eigenvalue weighted by Gasteiger charge is 2.32. The van der Waals surface area contributed by atoms with Crippen molar-refractivity contribution in [1.82, 2.24) is 19.5 Å². The zero-order valence-corrected chi connectivity index (χ0v) is 23.7. The van der Waals surface area contributed by atoms with Crippen molar-refractivity contribution in [2.45, 2.75) is 56.9 Å². The minimum Gasteiger partial charge on any atom is -0.381 e. The molecular formula is C31H34FN5O2S. The molecule has 9 heteroatoms. The molecule has 1 amide bonds. The van der Waals surface area contributed by atoms with E-state index in [1.807, 2.05) is 41.0 Å². The third-order valence-electron chi connectivity index (χ3n) is 8.02. The molecule has 4 aromatic rings. The highest BCUT2D eigenvalue weighted by Crippen LogP contribution is 2.42. The summed E-state index contributed by atoms with van der Waals surface area (Å²) in [7, 11) is 0. The van der Waals surface area contributed by atoms with E-state index in [1.165, 1.54) is 17.2 Å². The lowest BCUT2D eigenvalue weighted by molar-refractivity contribution is 0.0670. The van der Waals surface area contributed by atoms with Gasteiger partial charge in [-0.05, 0) is 73.9 Å². The second kappa shape index (κ2) is 10.9. The highest BCUT2D eigenvalue weighted by molar-refractivity contribution is 7.80. The molecule has 1 fully saturated rings. The number of carbonyl (C=O) groups is 1. The molecule has 1 aliphatic heterocycles. The van der Waals surface area contributed by atoms with Crippen molar-refractivity contribution in [1.29, 1.82) is 0 Å². The number of aliphatic hydroxyl groups is 1. The number of hydrogen-bond acceptors (Lipinski definition) is 6. The van der Waals surface area contributed by atoms with Gasteiger partial charge in [-0.3, -0.25) is 4.79 Å². The van der Waals surface area contributed by atoms with Gasteiger partial charge in [-0.1, -0.05) is 31.2 Å². The normalized spacial score (nSPS) is 17.6. The maximum Gasteiger partial charge on any atom is 0.274 e. The third kappa shape index (κ3) is 5.08. The summed E-state index contributed by atoms with van der Waals surface area (Å²) in [5, 5.41) is 14.4. The van der Waals surface area contributed by atoms with E-state index in [9.17, 15) is 9.90 Å². The van der Waals surface area contributed by atoms with Gasteiger partial charge in [0.15, 0.2) is 5.65 Å². The van der Waals surface area contributed by atoms with Crippen molar-refractivity contribution in [3.05, 3.63) is 82.9 Å². The number of aliphatic hydroxyl groups excluding tert-OH is 1. The van der Waals surface area contributed by atoms with Crippen LogP contribution in [0, 0.1) is 5.82 Å². The molecule has 0 radical (unpaired) electrons. The van der Waals surface area contributed by atoms with Crippen molar-refractivity contribution in [2.75, 3.05) is 24.5 Å². The fraction of sp³-hybridized carbons (Fsp3) is 0.387. The molecule has 208 valence electrons.